The predicted molar refractivity (Wildman–Crippen MR) is 66.8 cm³/mol. The molecule has 2 saturated heterocycles. The minimum atomic E-state index is 0.107. The van der Waals surface area contributed by atoms with Crippen LogP contribution in [0, 0.1) is 5.92 Å². The molecule has 0 bridgehead atoms. The van der Waals surface area contributed by atoms with Crippen molar-refractivity contribution in [1.82, 2.24) is 0 Å². The summed E-state index contributed by atoms with van der Waals surface area (Å²) in [6.45, 7) is 2.64. The number of hydrogen-bond donors (Lipinski definition) is 1. The van der Waals surface area contributed by atoms with Crippen molar-refractivity contribution in [3.8, 4) is 0 Å². The van der Waals surface area contributed by atoms with Gasteiger partial charge in [0, 0.05) is 25.4 Å². The third-order valence-corrected chi connectivity index (χ3v) is 5.24. The summed E-state index contributed by atoms with van der Waals surface area (Å²) < 4.78 is 11.6. The van der Waals surface area contributed by atoms with Crippen LogP contribution in [-0.2, 0) is 9.47 Å². The first kappa shape index (κ1) is 11.9. The van der Waals surface area contributed by atoms with Crippen molar-refractivity contribution in [3.05, 3.63) is 0 Å². The molecule has 3 nitrogen and oxygen atoms in total. The minimum Gasteiger partial charge on any atom is -0.381 e. The Hall–Kier alpha value is -0.120. The van der Waals surface area contributed by atoms with Gasteiger partial charge in [-0.05, 0) is 44.4 Å². The summed E-state index contributed by atoms with van der Waals surface area (Å²) in [6, 6.07) is 0. The van der Waals surface area contributed by atoms with Gasteiger partial charge >= 0.3 is 0 Å². The lowest BCUT2D eigenvalue weighted by molar-refractivity contribution is -0.154. The van der Waals surface area contributed by atoms with E-state index in [0.717, 1.165) is 32.7 Å². The zero-order valence-corrected chi connectivity index (χ0v) is 10.7. The molecule has 1 atom stereocenters. The molecule has 0 aromatic heterocycles. The molecule has 3 aliphatic rings. The summed E-state index contributed by atoms with van der Waals surface area (Å²) >= 11 is 0. The Balaban J connectivity index is 1.70. The van der Waals surface area contributed by atoms with Crippen LogP contribution in [0.3, 0.4) is 0 Å². The van der Waals surface area contributed by atoms with E-state index >= 15 is 0 Å². The number of hydrogen-bond acceptors (Lipinski definition) is 3. The lowest BCUT2D eigenvalue weighted by Gasteiger charge is -2.47. The molecule has 3 rings (SSSR count). The first-order chi connectivity index (χ1) is 8.23. The molecule has 1 saturated carbocycles. The number of ether oxygens (including phenoxy) is 2. The van der Waals surface area contributed by atoms with Crippen molar-refractivity contribution in [3.63, 3.8) is 0 Å². The molecule has 2 N–H and O–H groups in total. The van der Waals surface area contributed by atoms with Crippen LogP contribution >= 0.6 is 0 Å². The molecule has 2 heterocycles. The maximum Gasteiger partial charge on any atom is 0.0729 e. The van der Waals surface area contributed by atoms with Crippen LogP contribution in [0.15, 0.2) is 0 Å². The average molecular weight is 239 g/mol. The fraction of sp³-hybridized carbons (Fsp3) is 1.00. The third kappa shape index (κ3) is 2.25. The molecule has 0 radical (unpaired) electrons. The summed E-state index contributed by atoms with van der Waals surface area (Å²) in [5.41, 5.74) is 6.86. The molecule has 17 heavy (non-hydrogen) atoms. The Morgan fingerprint density at radius 1 is 0.941 bits per heavy atom. The molecule has 0 aromatic carbocycles. The van der Waals surface area contributed by atoms with E-state index in [-0.39, 0.29) is 11.1 Å². The van der Waals surface area contributed by atoms with E-state index in [1.807, 2.05) is 0 Å². The minimum absolute atomic E-state index is 0.107. The van der Waals surface area contributed by atoms with Gasteiger partial charge in [0.2, 0.25) is 0 Å². The first-order valence-electron chi connectivity index (χ1n) is 7.23. The highest BCUT2D eigenvalue weighted by Gasteiger charge is 2.46. The van der Waals surface area contributed by atoms with Crippen molar-refractivity contribution in [2.24, 2.45) is 11.7 Å². The van der Waals surface area contributed by atoms with Gasteiger partial charge in [-0.2, -0.15) is 0 Å². The fourth-order valence-electron chi connectivity index (χ4n) is 4.05. The molecule has 0 aromatic rings. The molecular formula is C14H25NO2. The van der Waals surface area contributed by atoms with Gasteiger partial charge in [-0.15, -0.1) is 0 Å². The molecule has 1 aliphatic carbocycles. The van der Waals surface area contributed by atoms with E-state index in [1.54, 1.807) is 0 Å². The van der Waals surface area contributed by atoms with E-state index < -0.39 is 0 Å². The molecular weight excluding hydrogens is 214 g/mol. The van der Waals surface area contributed by atoms with E-state index in [9.17, 15) is 0 Å². The van der Waals surface area contributed by atoms with Gasteiger partial charge in [0.15, 0.2) is 0 Å². The van der Waals surface area contributed by atoms with Gasteiger partial charge in [0.05, 0.1) is 5.60 Å². The van der Waals surface area contributed by atoms with E-state index in [4.69, 9.17) is 15.2 Å². The number of rotatable bonds is 1. The Bertz CT molecular complexity index is 262. The molecule has 0 amide bonds. The van der Waals surface area contributed by atoms with Crippen LogP contribution in [0.25, 0.3) is 0 Å². The Labute approximate surface area is 104 Å². The van der Waals surface area contributed by atoms with Crippen molar-refractivity contribution >= 4 is 0 Å². The zero-order chi connectivity index (χ0) is 11.8. The second-order valence-electron chi connectivity index (χ2n) is 6.27. The molecule has 1 spiro atoms. The second kappa shape index (κ2) is 4.52. The smallest absolute Gasteiger partial charge is 0.0729 e. The Morgan fingerprint density at radius 2 is 1.65 bits per heavy atom. The summed E-state index contributed by atoms with van der Waals surface area (Å²) in [5, 5.41) is 0. The first-order valence-corrected chi connectivity index (χ1v) is 7.23. The average Bonchev–Trinajstić information content (AvgIpc) is 2.79. The Kier molecular flexibility index (Phi) is 3.18. The quantitative estimate of drug-likeness (QED) is 0.763. The van der Waals surface area contributed by atoms with Gasteiger partial charge < -0.3 is 15.2 Å². The van der Waals surface area contributed by atoms with Gasteiger partial charge in [-0.25, -0.2) is 0 Å². The van der Waals surface area contributed by atoms with E-state index in [1.165, 1.54) is 38.5 Å². The van der Waals surface area contributed by atoms with Gasteiger partial charge in [0.25, 0.3) is 0 Å². The second-order valence-corrected chi connectivity index (χ2v) is 6.27. The van der Waals surface area contributed by atoms with Crippen LogP contribution in [0.4, 0.5) is 0 Å². The van der Waals surface area contributed by atoms with Crippen LogP contribution in [0.1, 0.15) is 51.4 Å². The summed E-state index contributed by atoms with van der Waals surface area (Å²) in [4.78, 5) is 0. The Morgan fingerprint density at radius 3 is 2.35 bits per heavy atom. The van der Waals surface area contributed by atoms with Gasteiger partial charge in [-0.3, -0.25) is 0 Å². The van der Waals surface area contributed by atoms with Crippen LogP contribution < -0.4 is 5.73 Å². The lowest BCUT2D eigenvalue weighted by atomic mass is 9.71. The SMILES string of the molecule is NC1(C2CCOC3(CCOCC3)C2)CCCC1. The van der Waals surface area contributed by atoms with Crippen LogP contribution in [0.5, 0.6) is 0 Å². The van der Waals surface area contributed by atoms with Crippen molar-refractivity contribution in [2.45, 2.75) is 62.5 Å². The van der Waals surface area contributed by atoms with Gasteiger partial charge in [-0.1, -0.05) is 12.8 Å². The zero-order valence-electron chi connectivity index (χ0n) is 10.7. The largest absolute Gasteiger partial charge is 0.381 e. The monoisotopic (exact) mass is 239 g/mol. The summed E-state index contributed by atoms with van der Waals surface area (Å²) in [5.74, 6) is 0.678. The van der Waals surface area contributed by atoms with Crippen molar-refractivity contribution < 1.29 is 9.47 Å². The number of nitrogens with two attached hydrogens (primary N) is 1. The molecule has 1 unspecified atom stereocenters. The highest BCUT2D eigenvalue weighted by atomic mass is 16.5. The fourth-order valence-corrected chi connectivity index (χ4v) is 4.05. The third-order valence-electron chi connectivity index (χ3n) is 5.24. The summed E-state index contributed by atoms with van der Waals surface area (Å²) in [7, 11) is 0. The maximum atomic E-state index is 6.64. The molecule has 3 fully saturated rings. The van der Waals surface area contributed by atoms with Crippen molar-refractivity contribution in [2.75, 3.05) is 19.8 Å². The van der Waals surface area contributed by atoms with Crippen LogP contribution in [0.2, 0.25) is 0 Å². The highest BCUT2D eigenvalue weighted by Crippen LogP contribution is 2.45. The van der Waals surface area contributed by atoms with E-state index in [0.29, 0.717) is 5.92 Å². The molecule has 2 aliphatic heterocycles. The standard InChI is InChI=1S/C14H25NO2/c15-14(4-1-2-5-14)12-3-8-17-13(11-12)6-9-16-10-7-13/h12H,1-11,15H2. The van der Waals surface area contributed by atoms with Crippen LogP contribution in [-0.4, -0.2) is 31.0 Å². The highest BCUT2D eigenvalue weighted by molar-refractivity contribution is 5.01. The predicted octanol–water partition coefficient (Wildman–Crippen LogP) is 2.23. The summed E-state index contributed by atoms with van der Waals surface area (Å²) in [6.07, 6.45) is 9.58. The lowest BCUT2D eigenvalue weighted by Crippen LogP contribution is -2.53. The van der Waals surface area contributed by atoms with E-state index in [2.05, 4.69) is 0 Å². The van der Waals surface area contributed by atoms with Gasteiger partial charge in [0.1, 0.15) is 0 Å². The molecule has 98 valence electrons. The van der Waals surface area contributed by atoms with Crippen molar-refractivity contribution in [1.29, 1.82) is 0 Å². The normalized spacial score (nSPS) is 36.2. The molecule has 3 heteroatoms. The topological polar surface area (TPSA) is 44.5 Å². The maximum absolute atomic E-state index is 6.64.